The molecule has 0 amide bonds. The zero-order chi connectivity index (χ0) is 13.3. The Labute approximate surface area is 113 Å². The first kappa shape index (κ1) is 13.3. The summed E-state index contributed by atoms with van der Waals surface area (Å²) in [5.41, 5.74) is 0.653. The molecule has 0 spiro atoms. The summed E-state index contributed by atoms with van der Waals surface area (Å²) in [7, 11) is 1.55. The predicted molar refractivity (Wildman–Crippen MR) is 69.7 cm³/mol. The highest BCUT2D eigenvalue weighted by Gasteiger charge is 2.19. The van der Waals surface area contributed by atoms with Gasteiger partial charge in [-0.2, -0.15) is 0 Å². The van der Waals surface area contributed by atoms with Crippen molar-refractivity contribution in [2.45, 2.75) is 12.3 Å². The fourth-order valence-corrected chi connectivity index (χ4v) is 2.83. The molecule has 1 aromatic carbocycles. The van der Waals surface area contributed by atoms with E-state index in [0.717, 1.165) is 10.9 Å². The molecule has 2 aromatic rings. The smallest absolute Gasteiger partial charge is 0.131 e. The van der Waals surface area contributed by atoms with Crippen LogP contribution in [0.15, 0.2) is 23.6 Å². The molecule has 0 bridgehead atoms. The van der Waals surface area contributed by atoms with Gasteiger partial charge in [0, 0.05) is 21.9 Å². The van der Waals surface area contributed by atoms with E-state index in [2.05, 4.69) is 0 Å². The van der Waals surface area contributed by atoms with Crippen LogP contribution in [-0.4, -0.2) is 7.11 Å². The van der Waals surface area contributed by atoms with Crippen LogP contribution in [0.5, 0.6) is 5.75 Å². The van der Waals surface area contributed by atoms with E-state index in [1.165, 1.54) is 17.4 Å². The van der Waals surface area contributed by atoms with Crippen LogP contribution in [0, 0.1) is 18.6 Å². The van der Waals surface area contributed by atoms with Crippen LogP contribution < -0.4 is 4.74 Å². The second-order valence-electron chi connectivity index (χ2n) is 3.87. The molecule has 0 aliphatic heterocycles. The molecule has 0 fully saturated rings. The van der Waals surface area contributed by atoms with Gasteiger partial charge in [-0.1, -0.05) is 0 Å². The summed E-state index contributed by atoms with van der Waals surface area (Å²) in [6.07, 6.45) is 0. The third-order valence-electron chi connectivity index (χ3n) is 2.63. The Kier molecular flexibility index (Phi) is 3.88. The molecule has 1 atom stereocenters. The molecule has 0 radical (unpaired) electrons. The fraction of sp³-hybridized carbons (Fsp3) is 0.231. The summed E-state index contributed by atoms with van der Waals surface area (Å²) in [6.45, 7) is 1.58. The van der Waals surface area contributed by atoms with E-state index in [-0.39, 0.29) is 5.56 Å². The number of alkyl halides is 1. The molecule has 5 heteroatoms. The summed E-state index contributed by atoms with van der Waals surface area (Å²) in [6, 6.07) is 4.06. The molecule has 0 N–H and O–H groups in total. The summed E-state index contributed by atoms with van der Waals surface area (Å²) in [5, 5.41) is 1.15. The second kappa shape index (κ2) is 5.24. The lowest BCUT2D eigenvalue weighted by Crippen LogP contribution is -1.98. The van der Waals surface area contributed by atoms with Crippen LogP contribution in [0.1, 0.15) is 21.4 Å². The number of hydrogen-bond donors (Lipinski definition) is 0. The summed E-state index contributed by atoms with van der Waals surface area (Å²) >= 11 is 7.60. The number of thiophene rings is 1. The van der Waals surface area contributed by atoms with Gasteiger partial charge >= 0.3 is 0 Å². The minimum atomic E-state index is -0.641. The molecule has 1 unspecified atom stereocenters. The number of benzene rings is 1. The SMILES string of the molecule is COc1csc(C(Cl)c2cc(C)c(F)cc2F)c1. The quantitative estimate of drug-likeness (QED) is 0.746. The molecule has 1 heterocycles. The van der Waals surface area contributed by atoms with Gasteiger partial charge in [-0.25, -0.2) is 8.78 Å². The second-order valence-corrected chi connectivity index (χ2v) is 5.25. The number of methoxy groups -OCH3 is 1. The van der Waals surface area contributed by atoms with E-state index < -0.39 is 17.0 Å². The molecule has 1 nitrogen and oxygen atoms in total. The Bertz CT molecular complexity index is 568. The van der Waals surface area contributed by atoms with Crippen LogP contribution in [-0.2, 0) is 0 Å². The van der Waals surface area contributed by atoms with E-state index in [0.29, 0.717) is 11.3 Å². The monoisotopic (exact) mass is 288 g/mol. The molecular weight excluding hydrogens is 278 g/mol. The Morgan fingerprint density at radius 3 is 2.56 bits per heavy atom. The van der Waals surface area contributed by atoms with Gasteiger partial charge in [0.25, 0.3) is 0 Å². The molecule has 0 saturated heterocycles. The molecular formula is C13H11ClF2OS. The number of aryl methyl sites for hydroxylation is 1. The summed E-state index contributed by atoms with van der Waals surface area (Å²) in [5.74, 6) is -0.519. The third kappa shape index (κ3) is 2.49. The zero-order valence-corrected chi connectivity index (χ0v) is 11.4. The molecule has 1 aromatic heterocycles. The maximum absolute atomic E-state index is 13.7. The van der Waals surface area contributed by atoms with Crippen LogP contribution in [0.2, 0.25) is 0 Å². The fourth-order valence-electron chi connectivity index (χ4n) is 1.60. The van der Waals surface area contributed by atoms with Gasteiger partial charge in [0.2, 0.25) is 0 Å². The average Bonchev–Trinajstić information content (AvgIpc) is 2.81. The molecule has 96 valence electrons. The normalized spacial score (nSPS) is 12.5. The van der Waals surface area contributed by atoms with Gasteiger partial charge in [0.1, 0.15) is 17.4 Å². The van der Waals surface area contributed by atoms with Crippen molar-refractivity contribution in [2.24, 2.45) is 0 Å². The molecule has 18 heavy (non-hydrogen) atoms. The minimum absolute atomic E-state index is 0.278. The van der Waals surface area contributed by atoms with Gasteiger partial charge in [0.15, 0.2) is 0 Å². The number of hydrogen-bond acceptors (Lipinski definition) is 2. The highest BCUT2D eigenvalue weighted by Crippen LogP contribution is 2.37. The van der Waals surface area contributed by atoms with Crippen molar-refractivity contribution >= 4 is 22.9 Å². The summed E-state index contributed by atoms with van der Waals surface area (Å²) in [4.78, 5) is 0.762. The number of halogens is 3. The Balaban J connectivity index is 2.39. The average molecular weight is 289 g/mol. The largest absolute Gasteiger partial charge is 0.496 e. The standard InChI is InChI=1S/C13H11ClF2OS/c1-7-3-9(11(16)5-10(7)15)13(14)12-4-8(17-2)6-18-12/h3-6,13H,1-2H3. The Hall–Kier alpha value is -1.13. The van der Waals surface area contributed by atoms with Gasteiger partial charge < -0.3 is 4.74 Å². The van der Waals surface area contributed by atoms with Crippen molar-refractivity contribution in [1.82, 2.24) is 0 Å². The lowest BCUT2D eigenvalue weighted by Gasteiger charge is -2.10. The minimum Gasteiger partial charge on any atom is -0.496 e. The highest BCUT2D eigenvalue weighted by molar-refractivity contribution is 7.10. The van der Waals surface area contributed by atoms with Gasteiger partial charge in [-0.3, -0.25) is 0 Å². The van der Waals surface area contributed by atoms with Crippen molar-refractivity contribution in [1.29, 1.82) is 0 Å². The first-order valence-corrected chi connectivity index (χ1v) is 6.56. The zero-order valence-electron chi connectivity index (χ0n) is 9.84. The van der Waals surface area contributed by atoms with E-state index in [1.807, 2.05) is 0 Å². The topological polar surface area (TPSA) is 9.23 Å². The van der Waals surface area contributed by atoms with E-state index in [4.69, 9.17) is 16.3 Å². The van der Waals surface area contributed by atoms with Crippen LogP contribution in [0.3, 0.4) is 0 Å². The predicted octanol–water partition coefficient (Wildman–Crippen LogP) is 4.67. The Morgan fingerprint density at radius 2 is 1.94 bits per heavy atom. The highest BCUT2D eigenvalue weighted by atomic mass is 35.5. The van der Waals surface area contributed by atoms with Crippen molar-refractivity contribution in [3.05, 3.63) is 51.2 Å². The van der Waals surface area contributed by atoms with Crippen molar-refractivity contribution in [3.8, 4) is 5.75 Å². The van der Waals surface area contributed by atoms with Crippen LogP contribution >= 0.6 is 22.9 Å². The van der Waals surface area contributed by atoms with E-state index >= 15 is 0 Å². The molecule has 0 saturated carbocycles. The van der Waals surface area contributed by atoms with Gasteiger partial charge in [0.05, 0.1) is 12.5 Å². The third-order valence-corrected chi connectivity index (χ3v) is 4.21. The van der Waals surface area contributed by atoms with Crippen LogP contribution in [0.25, 0.3) is 0 Å². The molecule has 0 aliphatic rings. The van der Waals surface area contributed by atoms with Crippen molar-refractivity contribution < 1.29 is 13.5 Å². The maximum atomic E-state index is 13.7. The first-order chi connectivity index (χ1) is 8.52. The van der Waals surface area contributed by atoms with Crippen molar-refractivity contribution in [3.63, 3.8) is 0 Å². The number of ether oxygens (including phenoxy) is 1. The van der Waals surface area contributed by atoms with Gasteiger partial charge in [-0.15, -0.1) is 22.9 Å². The lowest BCUT2D eigenvalue weighted by atomic mass is 10.1. The van der Waals surface area contributed by atoms with Gasteiger partial charge in [-0.05, 0) is 24.6 Å². The Morgan fingerprint density at radius 1 is 1.22 bits per heavy atom. The van der Waals surface area contributed by atoms with Crippen LogP contribution in [0.4, 0.5) is 8.78 Å². The molecule has 0 aliphatic carbocycles. The summed E-state index contributed by atoms with van der Waals surface area (Å²) < 4.78 is 31.9. The number of rotatable bonds is 3. The van der Waals surface area contributed by atoms with E-state index in [9.17, 15) is 8.78 Å². The first-order valence-electron chi connectivity index (χ1n) is 5.25. The maximum Gasteiger partial charge on any atom is 0.131 e. The lowest BCUT2D eigenvalue weighted by molar-refractivity contribution is 0.416. The molecule has 2 rings (SSSR count). The van der Waals surface area contributed by atoms with E-state index in [1.54, 1.807) is 25.5 Å². The van der Waals surface area contributed by atoms with Crippen molar-refractivity contribution in [2.75, 3.05) is 7.11 Å².